The first-order valence-electron chi connectivity index (χ1n) is 6.37. The van der Waals surface area contributed by atoms with Gasteiger partial charge < -0.3 is 11.5 Å². The smallest absolute Gasteiger partial charge is 0.142 e. The van der Waals surface area contributed by atoms with Crippen LogP contribution in [0.3, 0.4) is 0 Å². The second-order valence-electron chi connectivity index (χ2n) is 5.92. The number of aromatic amines is 1. The predicted octanol–water partition coefficient (Wildman–Crippen LogP) is 3.79. The molecule has 5 N–H and O–H groups in total. The third-order valence-electron chi connectivity index (χ3n) is 4.23. The van der Waals surface area contributed by atoms with Gasteiger partial charge >= 0.3 is 0 Å². The van der Waals surface area contributed by atoms with E-state index < -0.39 is 0 Å². The van der Waals surface area contributed by atoms with Crippen LogP contribution in [0.1, 0.15) is 36.9 Å². The molecule has 2 atom stereocenters. The molecule has 106 valence electrons. The van der Waals surface area contributed by atoms with Crippen LogP contribution >= 0.6 is 23.2 Å². The number of aromatic nitrogens is 2. The van der Waals surface area contributed by atoms with Crippen LogP contribution in [0.4, 0.5) is 11.5 Å². The zero-order valence-corrected chi connectivity index (χ0v) is 12.8. The van der Waals surface area contributed by atoms with E-state index in [9.17, 15) is 0 Å². The molecule has 0 aliphatic heterocycles. The molecule has 1 aliphatic rings. The SMILES string of the molecule is CC1(C)[C@H](c2cc(Cl)cc(Cl)c2)[C@H]1c1n[nH]c(N)c1N. The van der Waals surface area contributed by atoms with Crippen LogP contribution in [0.2, 0.25) is 10.0 Å². The average molecular weight is 311 g/mol. The largest absolute Gasteiger partial charge is 0.394 e. The van der Waals surface area contributed by atoms with E-state index in [1.807, 2.05) is 12.1 Å². The standard InChI is InChI=1S/C14H16Cl2N4/c1-14(2)9(6-3-7(15)5-8(16)4-6)10(14)12-11(17)13(18)20-19-12/h3-5,9-10H,17H2,1-2H3,(H3,18,19,20)/t9-,10+/m1/s1. The Labute approximate surface area is 127 Å². The molecule has 6 heteroatoms. The van der Waals surface area contributed by atoms with Crippen molar-refractivity contribution in [1.29, 1.82) is 0 Å². The Morgan fingerprint density at radius 2 is 1.70 bits per heavy atom. The third-order valence-corrected chi connectivity index (χ3v) is 4.67. The lowest BCUT2D eigenvalue weighted by Crippen LogP contribution is -1.96. The molecule has 1 saturated carbocycles. The molecule has 0 bridgehead atoms. The summed E-state index contributed by atoms with van der Waals surface area (Å²) in [5.41, 5.74) is 14.3. The fourth-order valence-corrected chi connectivity index (χ4v) is 3.68. The van der Waals surface area contributed by atoms with Crippen LogP contribution in [0.25, 0.3) is 0 Å². The van der Waals surface area contributed by atoms with Crippen molar-refractivity contribution in [2.45, 2.75) is 25.7 Å². The number of hydrogen-bond acceptors (Lipinski definition) is 3. The molecule has 0 amide bonds. The van der Waals surface area contributed by atoms with Crippen molar-refractivity contribution in [3.8, 4) is 0 Å². The van der Waals surface area contributed by atoms with Gasteiger partial charge in [0.15, 0.2) is 0 Å². The van der Waals surface area contributed by atoms with Crippen LogP contribution in [0.15, 0.2) is 18.2 Å². The lowest BCUT2D eigenvalue weighted by Gasteiger charge is -2.04. The van der Waals surface area contributed by atoms with Gasteiger partial charge in [-0.1, -0.05) is 37.0 Å². The molecule has 0 unspecified atom stereocenters. The van der Waals surface area contributed by atoms with Crippen LogP contribution in [-0.4, -0.2) is 10.2 Å². The summed E-state index contributed by atoms with van der Waals surface area (Å²) in [6.45, 7) is 4.36. The molecule has 3 rings (SSSR count). The molecule has 1 fully saturated rings. The van der Waals surface area contributed by atoms with Gasteiger partial charge in [0.1, 0.15) is 5.82 Å². The molecule has 1 aromatic carbocycles. The number of nitrogens with one attached hydrogen (secondary N) is 1. The Morgan fingerprint density at radius 3 is 2.20 bits per heavy atom. The lowest BCUT2D eigenvalue weighted by atomic mass is 10.0. The molecule has 1 aliphatic carbocycles. The highest BCUT2D eigenvalue weighted by atomic mass is 35.5. The number of nitrogens with zero attached hydrogens (tertiary/aromatic N) is 1. The maximum absolute atomic E-state index is 6.09. The normalized spacial score (nSPS) is 23.8. The number of nitrogen functional groups attached to an aromatic ring is 2. The van der Waals surface area contributed by atoms with Crippen molar-refractivity contribution >= 4 is 34.7 Å². The first-order chi connectivity index (χ1) is 9.32. The van der Waals surface area contributed by atoms with Gasteiger partial charge in [-0.25, -0.2) is 0 Å². The Balaban J connectivity index is 2.01. The molecule has 1 aromatic heterocycles. The maximum atomic E-state index is 6.09. The van der Waals surface area contributed by atoms with Gasteiger partial charge in [0, 0.05) is 16.0 Å². The van der Waals surface area contributed by atoms with Crippen molar-refractivity contribution < 1.29 is 0 Å². The summed E-state index contributed by atoms with van der Waals surface area (Å²) >= 11 is 12.2. The Morgan fingerprint density at radius 1 is 1.10 bits per heavy atom. The average Bonchev–Trinajstić information content (AvgIpc) is 2.75. The lowest BCUT2D eigenvalue weighted by molar-refractivity contribution is 0.597. The minimum absolute atomic E-state index is 0.0454. The van der Waals surface area contributed by atoms with Crippen molar-refractivity contribution in [3.05, 3.63) is 39.5 Å². The quantitative estimate of drug-likeness (QED) is 0.789. The Hall–Kier alpha value is -1.39. The van der Waals surface area contributed by atoms with Gasteiger partial charge in [-0.3, -0.25) is 5.10 Å². The van der Waals surface area contributed by atoms with Crippen LogP contribution < -0.4 is 11.5 Å². The number of H-pyrrole nitrogens is 1. The van der Waals surface area contributed by atoms with E-state index in [-0.39, 0.29) is 17.3 Å². The monoisotopic (exact) mass is 310 g/mol. The molecule has 4 nitrogen and oxygen atoms in total. The van der Waals surface area contributed by atoms with E-state index in [4.69, 9.17) is 34.7 Å². The maximum Gasteiger partial charge on any atom is 0.142 e. The molecular formula is C14H16Cl2N4. The molecule has 2 aromatic rings. The number of halogens is 2. The van der Waals surface area contributed by atoms with Gasteiger partial charge in [-0.2, -0.15) is 5.10 Å². The number of nitrogens with two attached hydrogens (primary N) is 2. The van der Waals surface area contributed by atoms with Crippen molar-refractivity contribution in [2.75, 3.05) is 11.5 Å². The highest BCUT2D eigenvalue weighted by molar-refractivity contribution is 6.34. The molecule has 20 heavy (non-hydrogen) atoms. The molecule has 1 heterocycles. The van der Waals surface area contributed by atoms with E-state index in [1.54, 1.807) is 6.07 Å². The van der Waals surface area contributed by atoms with Crippen LogP contribution in [-0.2, 0) is 0 Å². The van der Waals surface area contributed by atoms with Gasteiger partial charge in [0.2, 0.25) is 0 Å². The number of benzene rings is 1. The second-order valence-corrected chi connectivity index (χ2v) is 6.79. The number of rotatable bonds is 2. The summed E-state index contributed by atoms with van der Waals surface area (Å²) in [7, 11) is 0. The fraction of sp³-hybridized carbons (Fsp3) is 0.357. The van der Waals surface area contributed by atoms with Crippen molar-refractivity contribution in [3.63, 3.8) is 0 Å². The minimum atomic E-state index is 0.0454. The Kier molecular flexibility index (Phi) is 2.92. The summed E-state index contributed by atoms with van der Waals surface area (Å²) in [6.07, 6.45) is 0. The summed E-state index contributed by atoms with van der Waals surface area (Å²) in [5, 5.41) is 8.28. The van der Waals surface area contributed by atoms with Gasteiger partial charge in [-0.15, -0.1) is 0 Å². The Bertz CT molecular complexity index is 658. The third kappa shape index (κ3) is 1.95. The van der Waals surface area contributed by atoms with Gasteiger partial charge in [-0.05, 0) is 35.1 Å². The van der Waals surface area contributed by atoms with E-state index in [0.717, 1.165) is 11.3 Å². The molecule has 0 radical (unpaired) electrons. The second kappa shape index (κ2) is 4.30. The van der Waals surface area contributed by atoms with Crippen LogP contribution in [0, 0.1) is 5.41 Å². The van der Waals surface area contributed by atoms with E-state index in [2.05, 4.69) is 24.0 Å². The van der Waals surface area contributed by atoms with Crippen molar-refractivity contribution in [2.24, 2.45) is 5.41 Å². The van der Waals surface area contributed by atoms with E-state index >= 15 is 0 Å². The van der Waals surface area contributed by atoms with E-state index in [0.29, 0.717) is 21.6 Å². The first kappa shape index (κ1) is 13.6. The zero-order valence-electron chi connectivity index (χ0n) is 11.2. The van der Waals surface area contributed by atoms with Gasteiger partial charge in [0.05, 0.1) is 11.4 Å². The molecule has 0 spiro atoms. The fourth-order valence-electron chi connectivity index (χ4n) is 3.14. The minimum Gasteiger partial charge on any atom is -0.394 e. The topological polar surface area (TPSA) is 80.7 Å². The highest BCUT2D eigenvalue weighted by Crippen LogP contribution is 2.70. The summed E-state index contributed by atoms with van der Waals surface area (Å²) in [6, 6.07) is 5.63. The number of hydrogen-bond donors (Lipinski definition) is 3. The summed E-state index contributed by atoms with van der Waals surface area (Å²) in [5.74, 6) is 0.917. The molecular weight excluding hydrogens is 295 g/mol. The van der Waals surface area contributed by atoms with Crippen molar-refractivity contribution in [1.82, 2.24) is 10.2 Å². The summed E-state index contributed by atoms with van der Waals surface area (Å²) in [4.78, 5) is 0. The van der Waals surface area contributed by atoms with Gasteiger partial charge in [0.25, 0.3) is 0 Å². The van der Waals surface area contributed by atoms with Crippen LogP contribution in [0.5, 0.6) is 0 Å². The highest BCUT2D eigenvalue weighted by Gasteiger charge is 2.60. The summed E-state index contributed by atoms with van der Waals surface area (Å²) < 4.78 is 0. The predicted molar refractivity (Wildman–Crippen MR) is 83.1 cm³/mol. The molecule has 0 saturated heterocycles. The zero-order chi connectivity index (χ0) is 14.7. The number of anilines is 2. The first-order valence-corrected chi connectivity index (χ1v) is 7.13. The van der Waals surface area contributed by atoms with E-state index in [1.165, 1.54) is 0 Å².